The highest BCUT2D eigenvalue weighted by Gasteiger charge is 2.45. The number of aromatic nitrogens is 6. The molecule has 0 saturated carbocycles. The molecule has 0 aliphatic carbocycles. The van der Waals surface area contributed by atoms with Crippen LogP contribution in [-0.2, 0) is 6.54 Å². The SMILES string of the molecule is Nc1ncccc1-c1nc2ccc(-c3ccccc3)nc2n1-c1ccc(CN2CCC3(CC2)CN(c2ccncn2)C3)cc1. The first-order valence-corrected chi connectivity index (χ1v) is 15.1. The number of fused-ring (bicyclic) bond motifs is 1. The maximum absolute atomic E-state index is 6.34. The molecule has 2 aliphatic heterocycles. The highest BCUT2D eigenvalue weighted by molar-refractivity contribution is 5.84. The Morgan fingerprint density at radius 1 is 0.773 bits per heavy atom. The van der Waals surface area contributed by atoms with Crippen LogP contribution in [0.15, 0.2) is 104 Å². The van der Waals surface area contributed by atoms with Crippen molar-refractivity contribution in [1.82, 2.24) is 34.4 Å². The third-order valence-corrected chi connectivity index (χ3v) is 9.11. The first kappa shape index (κ1) is 26.5. The summed E-state index contributed by atoms with van der Waals surface area (Å²) in [6.45, 7) is 5.35. The lowest BCUT2D eigenvalue weighted by molar-refractivity contribution is 0.0719. The molecule has 0 atom stereocenters. The fourth-order valence-electron chi connectivity index (χ4n) is 6.67. The number of hydrogen-bond donors (Lipinski definition) is 1. The molecule has 0 amide bonds. The number of anilines is 2. The third-order valence-electron chi connectivity index (χ3n) is 9.11. The van der Waals surface area contributed by atoms with Crippen molar-refractivity contribution in [1.29, 1.82) is 0 Å². The summed E-state index contributed by atoms with van der Waals surface area (Å²) in [4.78, 5) is 27.8. The van der Waals surface area contributed by atoms with Crippen molar-refractivity contribution in [3.05, 3.63) is 109 Å². The number of benzene rings is 2. The molecule has 0 unspecified atom stereocenters. The lowest BCUT2D eigenvalue weighted by atomic mass is 9.72. The van der Waals surface area contributed by atoms with E-state index >= 15 is 0 Å². The van der Waals surface area contributed by atoms with E-state index in [0.717, 1.165) is 78.0 Å². The van der Waals surface area contributed by atoms with Gasteiger partial charge in [-0.15, -0.1) is 0 Å². The molecular formula is C35H33N9. The van der Waals surface area contributed by atoms with E-state index in [9.17, 15) is 0 Å². The van der Waals surface area contributed by atoms with Crippen LogP contribution in [0.2, 0.25) is 0 Å². The van der Waals surface area contributed by atoms with E-state index in [1.807, 2.05) is 54.7 Å². The van der Waals surface area contributed by atoms with Crippen molar-refractivity contribution in [2.45, 2.75) is 19.4 Å². The number of likely N-dealkylation sites (tertiary alicyclic amines) is 1. The minimum absolute atomic E-state index is 0.421. The van der Waals surface area contributed by atoms with Crippen LogP contribution < -0.4 is 10.6 Å². The number of nitrogens with zero attached hydrogens (tertiary/aromatic N) is 8. The monoisotopic (exact) mass is 579 g/mol. The Morgan fingerprint density at radius 2 is 1.59 bits per heavy atom. The molecule has 6 heterocycles. The summed E-state index contributed by atoms with van der Waals surface area (Å²) in [6.07, 6.45) is 7.60. The molecule has 2 fully saturated rings. The second kappa shape index (κ2) is 10.8. The Balaban J connectivity index is 1.04. The van der Waals surface area contributed by atoms with Crippen LogP contribution >= 0.6 is 0 Å². The quantitative estimate of drug-likeness (QED) is 0.271. The van der Waals surface area contributed by atoms with Crippen LogP contribution in [-0.4, -0.2) is 60.6 Å². The van der Waals surface area contributed by atoms with Gasteiger partial charge in [0.2, 0.25) is 0 Å². The fraction of sp³-hybridized carbons (Fsp3) is 0.229. The van der Waals surface area contributed by atoms with Crippen molar-refractivity contribution >= 4 is 22.8 Å². The molecule has 9 nitrogen and oxygen atoms in total. The topological polar surface area (TPSA) is 102 Å². The lowest BCUT2D eigenvalue weighted by Gasteiger charge is -2.54. The van der Waals surface area contributed by atoms with Gasteiger partial charge in [-0.1, -0.05) is 42.5 Å². The molecule has 1 spiro atoms. The summed E-state index contributed by atoms with van der Waals surface area (Å²) in [5.41, 5.74) is 13.4. The highest BCUT2D eigenvalue weighted by Crippen LogP contribution is 2.42. The average Bonchev–Trinajstić information content (AvgIpc) is 3.44. The van der Waals surface area contributed by atoms with Gasteiger partial charge in [-0.3, -0.25) is 9.47 Å². The number of imidazole rings is 1. The van der Waals surface area contributed by atoms with E-state index in [1.165, 1.54) is 18.4 Å². The van der Waals surface area contributed by atoms with Gasteiger partial charge in [0.15, 0.2) is 11.5 Å². The molecule has 2 aromatic carbocycles. The maximum Gasteiger partial charge on any atom is 0.165 e. The van der Waals surface area contributed by atoms with Gasteiger partial charge < -0.3 is 10.6 Å². The minimum Gasteiger partial charge on any atom is -0.383 e. The van der Waals surface area contributed by atoms with Crippen molar-refractivity contribution in [3.63, 3.8) is 0 Å². The molecule has 8 rings (SSSR count). The maximum atomic E-state index is 6.34. The molecule has 9 heteroatoms. The van der Waals surface area contributed by atoms with Gasteiger partial charge in [-0.05, 0) is 74.0 Å². The summed E-state index contributed by atoms with van der Waals surface area (Å²) in [5, 5.41) is 0. The largest absolute Gasteiger partial charge is 0.383 e. The molecule has 2 saturated heterocycles. The summed E-state index contributed by atoms with van der Waals surface area (Å²) >= 11 is 0. The highest BCUT2D eigenvalue weighted by atomic mass is 15.3. The Hall–Kier alpha value is -5.15. The van der Waals surface area contributed by atoms with Gasteiger partial charge in [-0.25, -0.2) is 24.9 Å². The van der Waals surface area contributed by atoms with E-state index in [-0.39, 0.29) is 0 Å². The first-order chi connectivity index (χ1) is 21.6. The number of hydrogen-bond acceptors (Lipinski definition) is 8. The van der Waals surface area contributed by atoms with Crippen molar-refractivity contribution < 1.29 is 0 Å². The van der Waals surface area contributed by atoms with Gasteiger partial charge >= 0.3 is 0 Å². The average molecular weight is 580 g/mol. The van der Waals surface area contributed by atoms with Crippen molar-refractivity contribution in [2.24, 2.45) is 5.41 Å². The molecule has 0 radical (unpaired) electrons. The van der Waals surface area contributed by atoms with Crippen molar-refractivity contribution in [2.75, 3.05) is 36.8 Å². The zero-order chi connectivity index (χ0) is 29.5. The predicted octanol–water partition coefficient (Wildman–Crippen LogP) is 5.62. The molecule has 2 aliphatic rings. The molecule has 2 N–H and O–H groups in total. The molecule has 218 valence electrons. The number of nitrogen functional groups attached to an aromatic ring is 1. The zero-order valence-corrected chi connectivity index (χ0v) is 24.4. The van der Waals surface area contributed by atoms with Crippen LogP contribution in [0.25, 0.3) is 39.5 Å². The Labute approximate surface area is 256 Å². The summed E-state index contributed by atoms with van der Waals surface area (Å²) in [7, 11) is 0. The standard InChI is InChI=1S/C35H33N9/c36-32-28(7-4-17-38-32)33-41-30-13-12-29(26-5-2-1-3-6-26)40-34(30)44(33)27-10-8-25(9-11-27)21-42-19-15-35(16-20-42)22-43(23-35)31-14-18-37-24-39-31/h1-14,17-18,24H,15-16,19-23H2,(H2,36,38). The van der Waals surface area contributed by atoms with E-state index in [0.29, 0.717) is 11.2 Å². The van der Waals surface area contributed by atoms with Crippen LogP contribution in [0.3, 0.4) is 0 Å². The van der Waals surface area contributed by atoms with E-state index in [1.54, 1.807) is 12.5 Å². The number of rotatable bonds is 6. The van der Waals surface area contributed by atoms with Crippen LogP contribution in [0, 0.1) is 5.41 Å². The second-order valence-corrected chi connectivity index (χ2v) is 12.0. The van der Waals surface area contributed by atoms with E-state index in [4.69, 9.17) is 15.7 Å². The smallest absolute Gasteiger partial charge is 0.165 e. The number of pyridine rings is 2. The van der Waals surface area contributed by atoms with Crippen LogP contribution in [0.1, 0.15) is 18.4 Å². The summed E-state index contributed by atoms with van der Waals surface area (Å²) < 4.78 is 2.10. The number of piperidine rings is 1. The van der Waals surface area contributed by atoms with E-state index in [2.05, 4.69) is 65.7 Å². The van der Waals surface area contributed by atoms with Crippen molar-refractivity contribution in [3.8, 4) is 28.3 Å². The second-order valence-electron chi connectivity index (χ2n) is 12.0. The minimum atomic E-state index is 0.421. The Bertz CT molecular complexity index is 1900. The summed E-state index contributed by atoms with van der Waals surface area (Å²) in [6, 6.07) is 28.9. The molecule has 0 bridgehead atoms. The van der Waals surface area contributed by atoms with Gasteiger partial charge in [0, 0.05) is 48.7 Å². The van der Waals surface area contributed by atoms with Crippen LogP contribution in [0.5, 0.6) is 0 Å². The van der Waals surface area contributed by atoms with Gasteiger partial charge in [0.05, 0.1) is 11.3 Å². The predicted molar refractivity (Wildman–Crippen MR) is 173 cm³/mol. The fourth-order valence-corrected chi connectivity index (χ4v) is 6.67. The molecule has 4 aromatic heterocycles. The normalized spacial score (nSPS) is 16.3. The molecule has 6 aromatic rings. The number of nitrogens with two attached hydrogens (primary N) is 1. The van der Waals surface area contributed by atoms with Gasteiger partial charge in [0.1, 0.15) is 23.5 Å². The van der Waals surface area contributed by atoms with Gasteiger partial charge in [0.25, 0.3) is 0 Å². The molecular weight excluding hydrogens is 546 g/mol. The molecule has 44 heavy (non-hydrogen) atoms. The third kappa shape index (κ3) is 4.85. The zero-order valence-electron chi connectivity index (χ0n) is 24.4. The van der Waals surface area contributed by atoms with E-state index < -0.39 is 0 Å². The van der Waals surface area contributed by atoms with Gasteiger partial charge in [-0.2, -0.15) is 0 Å². The Kier molecular flexibility index (Phi) is 6.52. The lowest BCUT2D eigenvalue weighted by Crippen LogP contribution is -2.60. The Morgan fingerprint density at radius 3 is 2.34 bits per heavy atom. The summed E-state index contributed by atoms with van der Waals surface area (Å²) in [5.74, 6) is 2.21. The first-order valence-electron chi connectivity index (χ1n) is 15.1. The van der Waals surface area contributed by atoms with Crippen LogP contribution in [0.4, 0.5) is 11.6 Å².